The number of nitrogens with one attached hydrogen (secondary N) is 2. The van der Waals surface area contributed by atoms with E-state index in [-0.39, 0.29) is 31.2 Å². The molecule has 0 bridgehead atoms. The van der Waals surface area contributed by atoms with Gasteiger partial charge in [0.1, 0.15) is 5.75 Å². The number of hydrogen-bond donors (Lipinski definition) is 2. The summed E-state index contributed by atoms with van der Waals surface area (Å²) in [5.74, 6) is 0.376. The van der Waals surface area contributed by atoms with Gasteiger partial charge in [-0.15, -0.1) is 6.58 Å². The SMILES string of the molecule is C=CCNS(=O)(=O)Cc1ccc(NC(=O)CCOc2cccc(Br)c2)cc1. The zero-order valence-electron chi connectivity index (χ0n) is 14.7. The van der Waals surface area contributed by atoms with Gasteiger partial charge < -0.3 is 10.1 Å². The lowest BCUT2D eigenvalue weighted by molar-refractivity contribution is -0.116. The molecular weight excluding hydrogens is 432 g/mol. The van der Waals surface area contributed by atoms with Crippen molar-refractivity contribution in [2.24, 2.45) is 0 Å². The quantitative estimate of drug-likeness (QED) is 0.540. The Balaban J connectivity index is 1.79. The van der Waals surface area contributed by atoms with Gasteiger partial charge in [-0.1, -0.05) is 40.2 Å². The maximum atomic E-state index is 12.0. The average Bonchev–Trinajstić information content (AvgIpc) is 2.61. The number of carbonyl (C=O) groups excluding carboxylic acids is 1. The molecule has 0 fully saturated rings. The third-order valence-corrected chi connectivity index (χ3v) is 5.25. The molecule has 0 aliphatic carbocycles. The molecule has 0 heterocycles. The molecule has 0 spiro atoms. The molecule has 8 heteroatoms. The van der Waals surface area contributed by atoms with Gasteiger partial charge in [0.15, 0.2) is 0 Å². The fourth-order valence-corrected chi connectivity index (χ4v) is 3.67. The molecule has 0 saturated carbocycles. The lowest BCUT2D eigenvalue weighted by Crippen LogP contribution is -2.25. The van der Waals surface area contributed by atoms with Crippen LogP contribution in [0.15, 0.2) is 65.7 Å². The summed E-state index contributed by atoms with van der Waals surface area (Å²) in [6.07, 6.45) is 1.69. The number of carbonyl (C=O) groups is 1. The summed E-state index contributed by atoms with van der Waals surface area (Å²) in [5, 5.41) is 2.76. The summed E-state index contributed by atoms with van der Waals surface area (Å²) in [7, 11) is -3.40. The van der Waals surface area contributed by atoms with Crippen LogP contribution >= 0.6 is 15.9 Å². The Hall–Kier alpha value is -2.16. The normalized spacial score (nSPS) is 11.0. The van der Waals surface area contributed by atoms with Crippen molar-refractivity contribution in [1.82, 2.24) is 4.72 Å². The lowest BCUT2D eigenvalue weighted by Gasteiger charge is -2.09. The molecule has 0 aliphatic heterocycles. The van der Waals surface area contributed by atoms with Gasteiger partial charge in [-0.3, -0.25) is 4.79 Å². The third kappa shape index (κ3) is 7.94. The van der Waals surface area contributed by atoms with E-state index in [2.05, 4.69) is 32.5 Å². The maximum absolute atomic E-state index is 12.0. The maximum Gasteiger partial charge on any atom is 0.227 e. The minimum atomic E-state index is -3.40. The van der Waals surface area contributed by atoms with Gasteiger partial charge in [0.05, 0.1) is 18.8 Å². The van der Waals surface area contributed by atoms with Crippen molar-refractivity contribution < 1.29 is 17.9 Å². The highest BCUT2D eigenvalue weighted by Gasteiger charge is 2.10. The monoisotopic (exact) mass is 452 g/mol. The Labute approximate surface area is 167 Å². The highest BCUT2D eigenvalue weighted by molar-refractivity contribution is 9.10. The van der Waals surface area contributed by atoms with E-state index in [0.717, 1.165) is 4.47 Å². The molecule has 0 aromatic heterocycles. The van der Waals surface area contributed by atoms with E-state index in [1.54, 1.807) is 24.3 Å². The number of halogens is 1. The van der Waals surface area contributed by atoms with Crippen LogP contribution in [0.2, 0.25) is 0 Å². The van der Waals surface area contributed by atoms with Crippen LogP contribution in [-0.4, -0.2) is 27.5 Å². The number of hydrogen-bond acceptors (Lipinski definition) is 4. The fourth-order valence-electron chi connectivity index (χ4n) is 2.18. The van der Waals surface area contributed by atoms with E-state index in [1.807, 2.05) is 24.3 Å². The summed E-state index contributed by atoms with van der Waals surface area (Å²) < 4.78 is 32.5. The summed E-state index contributed by atoms with van der Waals surface area (Å²) in [6.45, 7) is 3.92. The molecule has 0 unspecified atom stereocenters. The van der Waals surface area contributed by atoms with Crippen LogP contribution in [0.3, 0.4) is 0 Å². The Bertz CT molecular complexity index is 883. The molecule has 2 rings (SSSR count). The van der Waals surface area contributed by atoms with Gasteiger partial charge in [-0.25, -0.2) is 13.1 Å². The van der Waals surface area contributed by atoms with Crippen molar-refractivity contribution in [2.75, 3.05) is 18.5 Å². The van der Waals surface area contributed by atoms with Crippen LogP contribution in [0.25, 0.3) is 0 Å². The van der Waals surface area contributed by atoms with Crippen LogP contribution in [0.1, 0.15) is 12.0 Å². The number of ether oxygens (including phenoxy) is 1. The highest BCUT2D eigenvalue weighted by Crippen LogP contribution is 2.18. The molecule has 2 aromatic carbocycles. The van der Waals surface area contributed by atoms with Gasteiger partial charge in [0.25, 0.3) is 0 Å². The number of anilines is 1. The van der Waals surface area contributed by atoms with Crippen molar-refractivity contribution in [1.29, 1.82) is 0 Å². The molecule has 1 amide bonds. The second kappa shape index (κ2) is 10.2. The zero-order valence-corrected chi connectivity index (χ0v) is 17.1. The summed E-state index contributed by atoms with van der Waals surface area (Å²) in [6, 6.07) is 14.1. The predicted molar refractivity (Wildman–Crippen MR) is 110 cm³/mol. The van der Waals surface area contributed by atoms with E-state index < -0.39 is 10.0 Å². The largest absolute Gasteiger partial charge is 0.493 e. The van der Waals surface area contributed by atoms with Crippen LogP contribution in [-0.2, 0) is 20.6 Å². The van der Waals surface area contributed by atoms with Crippen LogP contribution < -0.4 is 14.8 Å². The topological polar surface area (TPSA) is 84.5 Å². The van der Waals surface area contributed by atoms with E-state index >= 15 is 0 Å². The van der Waals surface area contributed by atoms with Crippen molar-refractivity contribution in [3.8, 4) is 5.75 Å². The smallest absolute Gasteiger partial charge is 0.227 e. The molecule has 0 saturated heterocycles. The highest BCUT2D eigenvalue weighted by atomic mass is 79.9. The van der Waals surface area contributed by atoms with Gasteiger partial charge in [-0.05, 0) is 35.9 Å². The van der Waals surface area contributed by atoms with Gasteiger partial charge in [0, 0.05) is 16.7 Å². The molecule has 0 atom stereocenters. The summed E-state index contributed by atoms with van der Waals surface area (Å²) >= 11 is 3.36. The molecule has 27 heavy (non-hydrogen) atoms. The minimum absolute atomic E-state index is 0.129. The molecule has 144 valence electrons. The van der Waals surface area contributed by atoms with Crippen LogP contribution in [0.4, 0.5) is 5.69 Å². The first-order valence-corrected chi connectivity index (χ1v) is 10.7. The first kappa shape index (κ1) is 21.1. The first-order chi connectivity index (χ1) is 12.9. The number of rotatable bonds is 10. The molecular formula is C19H21BrN2O4S. The number of sulfonamides is 1. The van der Waals surface area contributed by atoms with Crippen molar-refractivity contribution in [3.05, 3.63) is 71.2 Å². The Kier molecular flexibility index (Phi) is 8.02. The van der Waals surface area contributed by atoms with Crippen molar-refractivity contribution >= 4 is 37.5 Å². The number of benzene rings is 2. The second-order valence-electron chi connectivity index (χ2n) is 5.70. The van der Waals surface area contributed by atoms with E-state index in [9.17, 15) is 13.2 Å². The van der Waals surface area contributed by atoms with E-state index in [4.69, 9.17) is 4.74 Å². The lowest BCUT2D eigenvalue weighted by atomic mass is 10.2. The fraction of sp³-hybridized carbons (Fsp3) is 0.211. The minimum Gasteiger partial charge on any atom is -0.493 e. The molecule has 2 aromatic rings. The predicted octanol–water partition coefficient (Wildman–Crippen LogP) is 3.46. The van der Waals surface area contributed by atoms with Gasteiger partial charge in [-0.2, -0.15) is 0 Å². The Morgan fingerprint density at radius 2 is 1.93 bits per heavy atom. The third-order valence-electron chi connectivity index (χ3n) is 3.44. The average molecular weight is 453 g/mol. The van der Waals surface area contributed by atoms with Crippen molar-refractivity contribution in [2.45, 2.75) is 12.2 Å². The Morgan fingerprint density at radius 1 is 1.19 bits per heavy atom. The summed E-state index contributed by atoms with van der Waals surface area (Å²) in [4.78, 5) is 12.0. The first-order valence-electron chi connectivity index (χ1n) is 8.23. The van der Waals surface area contributed by atoms with E-state index in [0.29, 0.717) is 17.0 Å². The van der Waals surface area contributed by atoms with Gasteiger partial charge in [0.2, 0.25) is 15.9 Å². The second-order valence-corrected chi connectivity index (χ2v) is 8.42. The summed E-state index contributed by atoms with van der Waals surface area (Å²) in [5.41, 5.74) is 1.23. The van der Waals surface area contributed by atoms with Gasteiger partial charge >= 0.3 is 0 Å². The number of amides is 1. The zero-order chi connectivity index (χ0) is 19.7. The molecule has 0 aliphatic rings. The standard InChI is InChI=1S/C19H21BrN2O4S/c1-2-11-21-27(24,25)14-15-6-8-17(9-7-15)22-19(23)10-12-26-18-5-3-4-16(20)13-18/h2-9,13,21H,1,10-12,14H2,(H,22,23). The van der Waals surface area contributed by atoms with E-state index in [1.165, 1.54) is 6.08 Å². The van der Waals surface area contributed by atoms with Crippen LogP contribution in [0, 0.1) is 0 Å². The molecule has 6 nitrogen and oxygen atoms in total. The van der Waals surface area contributed by atoms with Crippen molar-refractivity contribution in [3.63, 3.8) is 0 Å². The van der Waals surface area contributed by atoms with Crippen LogP contribution in [0.5, 0.6) is 5.75 Å². The molecule has 0 radical (unpaired) electrons. The molecule has 2 N–H and O–H groups in total. The Morgan fingerprint density at radius 3 is 2.59 bits per heavy atom.